The van der Waals surface area contributed by atoms with Gasteiger partial charge < -0.3 is 19.1 Å². The second-order valence-electron chi connectivity index (χ2n) is 6.02. The maximum absolute atomic E-state index is 12.3. The van der Waals surface area contributed by atoms with E-state index < -0.39 is 0 Å². The molecule has 0 aliphatic carbocycles. The van der Waals surface area contributed by atoms with Crippen molar-refractivity contribution in [2.24, 2.45) is 0 Å². The van der Waals surface area contributed by atoms with Crippen molar-refractivity contribution in [3.63, 3.8) is 0 Å². The summed E-state index contributed by atoms with van der Waals surface area (Å²) in [5.41, 5.74) is -0.281. The molecule has 1 aromatic carbocycles. The molecule has 0 saturated carbocycles. The molecule has 122 valence electrons. The van der Waals surface area contributed by atoms with Crippen molar-refractivity contribution in [1.29, 1.82) is 0 Å². The second kappa shape index (κ2) is 7.49. The number of ether oxygens (including phenoxy) is 3. The smallest absolute Gasteiger partial charge is 0.261 e. The minimum absolute atomic E-state index is 0.0143. The molecule has 1 amide bonds. The number of carbonyl (C=O) groups excluding carboxylic acids is 1. The van der Waals surface area contributed by atoms with Crippen LogP contribution in [0.2, 0.25) is 0 Å². The van der Waals surface area contributed by atoms with Crippen LogP contribution in [0.15, 0.2) is 24.3 Å². The summed E-state index contributed by atoms with van der Waals surface area (Å²) in [5.74, 6) is 1.47. The fourth-order valence-corrected chi connectivity index (χ4v) is 2.40. The summed E-state index contributed by atoms with van der Waals surface area (Å²) < 4.78 is 16.5. The van der Waals surface area contributed by atoms with Crippen LogP contribution in [0.25, 0.3) is 0 Å². The summed E-state index contributed by atoms with van der Waals surface area (Å²) in [5, 5.41) is 0. The van der Waals surface area contributed by atoms with Gasteiger partial charge in [-0.1, -0.05) is 6.92 Å². The number of amides is 1. The molecular weight excluding hydrogens is 282 g/mol. The first-order chi connectivity index (χ1) is 10.5. The number of hydrogen-bond acceptors (Lipinski definition) is 4. The van der Waals surface area contributed by atoms with Gasteiger partial charge in [0.1, 0.15) is 11.5 Å². The molecule has 0 bridgehead atoms. The summed E-state index contributed by atoms with van der Waals surface area (Å²) in [6.45, 7) is 8.56. The minimum atomic E-state index is -0.281. The third-order valence-electron chi connectivity index (χ3n) is 3.61. The molecule has 1 fully saturated rings. The number of morpholine rings is 1. The Bertz CT molecular complexity index is 484. The lowest BCUT2D eigenvalue weighted by Gasteiger charge is -2.42. The molecule has 5 heteroatoms. The molecule has 0 N–H and O–H groups in total. The molecule has 0 unspecified atom stereocenters. The van der Waals surface area contributed by atoms with Crippen LogP contribution >= 0.6 is 0 Å². The van der Waals surface area contributed by atoms with Crippen molar-refractivity contribution >= 4 is 5.91 Å². The molecule has 1 aromatic rings. The Balaban J connectivity index is 1.85. The first kappa shape index (κ1) is 16.6. The monoisotopic (exact) mass is 307 g/mol. The van der Waals surface area contributed by atoms with Gasteiger partial charge in [-0.2, -0.15) is 0 Å². The van der Waals surface area contributed by atoms with Crippen LogP contribution in [0.4, 0.5) is 0 Å². The Morgan fingerprint density at radius 3 is 2.45 bits per heavy atom. The summed E-state index contributed by atoms with van der Waals surface area (Å²) in [6, 6.07) is 7.35. The summed E-state index contributed by atoms with van der Waals surface area (Å²) >= 11 is 0. The fraction of sp³-hybridized carbons (Fsp3) is 0.588. The molecule has 5 nitrogen and oxygen atoms in total. The number of rotatable bonds is 6. The molecule has 0 radical (unpaired) electrons. The first-order valence-corrected chi connectivity index (χ1v) is 7.77. The number of benzene rings is 1. The van der Waals surface area contributed by atoms with Crippen LogP contribution in [-0.4, -0.2) is 49.3 Å². The lowest BCUT2D eigenvalue weighted by atomic mass is 10.0. The molecule has 0 aromatic heterocycles. The van der Waals surface area contributed by atoms with Gasteiger partial charge in [-0.3, -0.25) is 4.79 Å². The lowest BCUT2D eigenvalue weighted by molar-refractivity contribution is -0.148. The van der Waals surface area contributed by atoms with E-state index in [1.165, 1.54) is 0 Å². The predicted molar refractivity (Wildman–Crippen MR) is 84.3 cm³/mol. The molecule has 1 aliphatic heterocycles. The van der Waals surface area contributed by atoms with Gasteiger partial charge in [-0.15, -0.1) is 0 Å². The van der Waals surface area contributed by atoms with Crippen molar-refractivity contribution < 1.29 is 19.0 Å². The van der Waals surface area contributed by atoms with Crippen LogP contribution in [-0.2, 0) is 9.53 Å². The van der Waals surface area contributed by atoms with E-state index in [-0.39, 0.29) is 18.1 Å². The van der Waals surface area contributed by atoms with Gasteiger partial charge in [-0.05, 0) is 44.5 Å². The fourth-order valence-electron chi connectivity index (χ4n) is 2.40. The zero-order valence-electron chi connectivity index (χ0n) is 13.6. The Morgan fingerprint density at radius 1 is 1.23 bits per heavy atom. The van der Waals surface area contributed by atoms with E-state index in [1.54, 1.807) is 0 Å². The third-order valence-corrected chi connectivity index (χ3v) is 3.61. The van der Waals surface area contributed by atoms with Crippen LogP contribution in [0.1, 0.15) is 27.2 Å². The van der Waals surface area contributed by atoms with Gasteiger partial charge in [0.15, 0.2) is 6.61 Å². The summed E-state index contributed by atoms with van der Waals surface area (Å²) in [4.78, 5) is 14.1. The molecule has 0 spiro atoms. The Labute approximate surface area is 132 Å². The van der Waals surface area contributed by atoms with E-state index in [9.17, 15) is 4.79 Å². The zero-order chi connectivity index (χ0) is 16.0. The van der Waals surface area contributed by atoms with E-state index in [2.05, 4.69) is 6.92 Å². The average Bonchev–Trinajstić information content (AvgIpc) is 2.51. The molecule has 1 aliphatic rings. The molecule has 22 heavy (non-hydrogen) atoms. The highest BCUT2D eigenvalue weighted by molar-refractivity contribution is 5.78. The molecule has 0 atom stereocenters. The van der Waals surface area contributed by atoms with Crippen molar-refractivity contribution in [2.45, 2.75) is 32.7 Å². The van der Waals surface area contributed by atoms with Crippen LogP contribution in [0.5, 0.6) is 11.5 Å². The Kier molecular flexibility index (Phi) is 5.66. The van der Waals surface area contributed by atoms with E-state index >= 15 is 0 Å². The second-order valence-corrected chi connectivity index (χ2v) is 6.02. The zero-order valence-corrected chi connectivity index (χ0v) is 13.6. The maximum Gasteiger partial charge on any atom is 0.261 e. The molecule has 2 rings (SSSR count). The average molecular weight is 307 g/mol. The standard InChI is InChI=1S/C17H25NO4/c1-4-10-21-14-5-7-15(8-6-14)22-12-16(19)18-9-11-20-13-17(18,2)3/h5-8H,4,9-13H2,1-3H3. The van der Waals surface area contributed by atoms with Gasteiger partial charge >= 0.3 is 0 Å². The molecule has 1 heterocycles. The summed E-state index contributed by atoms with van der Waals surface area (Å²) in [6.07, 6.45) is 0.974. The van der Waals surface area contributed by atoms with Crippen LogP contribution < -0.4 is 9.47 Å². The largest absolute Gasteiger partial charge is 0.494 e. The van der Waals surface area contributed by atoms with Gasteiger partial charge in [-0.25, -0.2) is 0 Å². The normalized spacial score (nSPS) is 17.1. The van der Waals surface area contributed by atoms with Crippen molar-refractivity contribution in [1.82, 2.24) is 4.90 Å². The third kappa shape index (κ3) is 4.37. The maximum atomic E-state index is 12.3. The first-order valence-electron chi connectivity index (χ1n) is 7.77. The van der Waals surface area contributed by atoms with Crippen LogP contribution in [0.3, 0.4) is 0 Å². The number of hydrogen-bond donors (Lipinski definition) is 0. The Hall–Kier alpha value is -1.75. The topological polar surface area (TPSA) is 48.0 Å². The predicted octanol–water partition coefficient (Wildman–Crippen LogP) is 2.49. The number of nitrogens with zero attached hydrogens (tertiary/aromatic N) is 1. The Morgan fingerprint density at radius 2 is 1.86 bits per heavy atom. The summed E-state index contributed by atoms with van der Waals surface area (Å²) in [7, 11) is 0. The highest BCUT2D eigenvalue weighted by Crippen LogP contribution is 2.21. The van der Waals surface area contributed by atoms with Crippen molar-refractivity contribution in [3.05, 3.63) is 24.3 Å². The lowest BCUT2D eigenvalue weighted by Crippen LogP contribution is -2.56. The van der Waals surface area contributed by atoms with Gasteiger partial charge in [0, 0.05) is 6.54 Å². The SMILES string of the molecule is CCCOc1ccc(OCC(=O)N2CCOCC2(C)C)cc1. The van der Waals surface area contributed by atoms with Gasteiger partial charge in [0.05, 0.1) is 25.4 Å². The minimum Gasteiger partial charge on any atom is -0.494 e. The quantitative estimate of drug-likeness (QED) is 0.810. The van der Waals surface area contributed by atoms with Crippen LogP contribution in [0, 0.1) is 0 Å². The van der Waals surface area contributed by atoms with E-state index in [4.69, 9.17) is 14.2 Å². The van der Waals surface area contributed by atoms with Crippen molar-refractivity contribution in [2.75, 3.05) is 33.0 Å². The van der Waals surface area contributed by atoms with Gasteiger partial charge in [0.25, 0.3) is 5.91 Å². The van der Waals surface area contributed by atoms with Crippen molar-refractivity contribution in [3.8, 4) is 11.5 Å². The van der Waals surface area contributed by atoms with E-state index in [0.29, 0.717) is 32.1 Å². The molecule has 1 saturated heterocycles. The van der Waals surface area contributed by atoms with Gasteiger partial charge in [0.2, 0.25) is 0 Å². The van der Waals surface area contributed by atoms with E-state index in [1.807, 2.05) is 43.0 Å². The molecular formula is C17H25NO4. The van der Waals surface area contributed by atoms with E-state index in [0.717, 1.165) is 12.2 Å². The highest BCUT2D eigenvalue weighted by Gasteiger charge is 2.34. The highest BCUT2D eigenvalue weighted by atomic mass is 16.5. The number of carbonyl (C=O) groups is 1.